The maximum atomic E-state index is 5.78. The summed E-state index contributed by atoms with van der Waals surface area (Å²) in [6, 6.07) is 0. The molecule has 18 heavy (non-hydrogen) atoms. The Bertz CT molecular complexity index is 353. The molecule has 0 radical (unpaired) electrons. The van der Waals surface area contributed by atoms with Gasteiger partial charge in [0.1, 0.15) is 6.10 Å². The van der Waals surface area contributed by atoms with Gasteiger partial charge < -0.3 is 10.5 Å². The summed E-state index contributed by atoms with van der Waals surface area (Å²) in [5.74, 6) is 0.823. The minimum Gasteiger partial charge on any atom is -0.367 e. The van der Waals surface area contributed by atoms with Crippen LogP contribution in [0.3, 0.4) is 0 Å². The second-order valence-corrected chi connectivity index (χ2v) is 4.56. The molecule has 7 heteroatoms. The van der Waals surface area contributed by atoms with E-state index in [0.717, 1.165) is 51.5 Å². The van der Waals surface area contributed by atoms with Crippen LogP contribution in [0.5, 0.6) is 0 Å². The molecule has 2 N–H and O–H groups in total. The third kappa shape index (κ3) is 3.24. The molecule has 0 bridgehead atoms. The first kappa shape index (κ1) is 13.4. The number of hydrogen-bond acceptors (Lipinski definition) is 6. The van der Waals surface area contributed by atoms with Gasteiger partial charge in [-0.15, -0.1) is 5.10 Å². The molecule has 1 aromatic heterocycles. The van der Waals surface area contributed by atoms with Gasteiger partial charge in [0.2, 0.25) is 0 Å². The molecule has 102 valence electrons. The molecule has 1 fully saturated rings. The van der Waals surface area contributed by atoms with E-state index in [-0.39, 0.29) is 6.10 Å². The molecule has 1 aliphatic heterocycles. The van der Waals surface area contributed by atoms with Crippen LogP contribution < -0.4 is 5.73 Å². The number of rotatable bonds is 6. The average molecular weight is 254 g/mol. The van der Waals surface area contributed by atoms with Crippen LogP contribution >= 0.6 is 0 Å². The van der Waals surface area contributed by atoms with E-state index in [9.17, 15) is 0 Å². The lowest BCUT2D eigenvalue weighted by Crippen LogP contribution is -2.39. The van der Waals surface area contributed by atoms with Crippen molar-refractivity contribution >= 4 is 0 Å². The monoisotopic (exact) mass is 254 g/mol. The van der Waals surface area contributed by atoms with Gasteiger partial charge in [0.25, 0.3) is 0 Å². The van der Waals surface area contributed by atoms with Gasteiger partial charge in [-0.05, 0) is 36.4 Å². The van der Waals surface area contributed by atoms with E-state index in [1.807, 2.05) is 4.68 Å². The number of morpholine rings is 1. The highest BCUT2D eigenvalue weighted by molar-refractivity contribution is 4.91. The molecule has 1 aromatic rings. The quantitative estimate of drug-likeness (QED) is 0.757. The lowest BCUT2D eigenvalue weighted by Gasteiger charge is -2.31. The Morgan fingerprint density at radius 3 is 3.11 bits per heavy atom. The zero-order valence-electron chi connectivity index (χ0n) is 11.0. The molecule has 1 aliphatic rings. The molecule has 2 heterocycles. The molecule has 2 rings (SSSR count). The molecular formula is C11H22N6O. The maximum Gasteiger partial charge on any atom is 0.181 e. The Hall–Kier alpha value is -1.05. The number of ether oxygens (including phenoxy) is 1. The van der Waals surface area contributed by atoms with Crippen molar-refractivity contribution in [2.24, 2.45) is 5.73 Å². The summed E-state index contributed by atoms with van der Waals surface area (Å²) >= 11 is 0. The van der Waals surface area contributed by atoms with E-state index in [1.54, 1.807) is 0 Å². The van der Waals surface area contributed by atoms with Crippen LogP contribution in [0, 0.1) is 0 Å². The minimum atomic E-state index is -0.0157. The van der Waals surface area contributed by atoms with Gasteiger partial charge in [-0.1, -0.05) is 6.92 Å². The van der Waals surface area contributed by atoms with E-state index in [0.29, 0.717) is 6.54 Å². The standard InChI is InChI=1S/C11H22N6O/c1-2-5-16-7-8-18-10(9-16)11-13-14-15-17(11)6-3-4-12/h10H,2-9,12H2,1H3. The van der Waals surface area contributed by atoms with Crippen molar-refractivity contribution in [3.05, 3.63) is 5.82 Å². The Balaban J connectivity index is 1.99. The van der Waals surface area contributed by atoms with Crippen LogP contribution in [0.2, 0.25) is 0 Å². The third-order valence-corrected chi connectivity index (χ3v) is 3.11. The van der Waals surface area contributed by atoms with Crippen LogP contribution in [0.25, 0.3) is 0 Å². The number of nitrogens with zero attached hydrogens (tertiary/aromatic N) is 5. The van der Waals surface area contributed by atoms with E-state index >= 15 is 0 Å². The van der Waals surface area contributed by atoms with Crippen LogP contribution in [0.1, 0.15) is 31.7 Å². The lowest BCUT2D eigenvalue weighted by molar-refractivity contribution is -0.0363. The van der Waals surface area contributed by atoms with Gasteiger partial charge in [-0.3, -0.25) is 4.90 Å². The molecule has 0 aliphatic carbocycles. The van der Waals surface area contributed by atoms with Crippen molar-refractivity contribution in [1.29, 1.82) is 0 Å². The van der Waals surface area contributed by atoms with Gasteiger partial charge >= 0.3 is 0 Å². The molecule has 1 unspecified atom stereocenters. The molecule has 1 saturated heterocycles. The Morgan fingerprint density at radius 2 is 2.33 bits per heavy atom. The van der Waals surface area contributed by atoms with Gasteiger partial charge in [-0.25, -0.2) is 4.68 Å². The molecule has 0 spiro atoms. The Morgan fingerprint density at radius 1 is 1.44 bits per heavy atom. The zero-order valence-corrected chi connectivity index (χ0v) is 11.0. The second-order valence-electron chi connectivity index (χ2n) is 4.56. The SMILES string of the molecule is CCCN1CCOC(c2nnnn2CCCN)C1. The fourth-order valence-corrected chi connectivity index (χ4v) is 2.22. The summed E-state index contributed by atoms with van der Waals surface area (Å²) in [7, 11) is 0. The first-order valence-electron chi connectivity index (χ1n) is 6.65. The molecule has 0 aromatic carbocycles. The highest BCUT2D eigenvalue weighted by Crippen LogP contribution is 2.19. The van der Waals surface area contributed by atoms with Crippen molar-refractivity contribution in [1.82, 2.24) is 25.1 Å². The number of aromatic nitrogens is 4. The van der Waals surface area contributed by atoms with Gasteiger partial charge in [0.05, 0.1) is 6.61 Å². The largest absolute Gasteiger partial charge is 0.367 e. The van der Waals surface area contributed by atoms with Crippen molar-refractivity contribution in [3.8, 4) is 0 Å². The number of hydrogen-bond donors (Lipinski definition) is 1. The highest BCUT2D eigenvalue weighted by atomic mass is 16.5. The van der Waals surface area contributed by atoms with Crippen molar-refractivity contribution in [3.63, 3.8) is 0 Å². The fraction of sp³-hybridized carbons (Fsp3) is 0.909. The van der Waals surface area contributed by atoms with Crippen LogP contribution in [-0.4, -0.2) is 57.9 Å². The zero-order chi connectivity index (χ0) is 12.8. The summed E-state index contributed by atoms with van der Waals surface area (Å²) in [5, 5.41) is 11.8. The van der Waals surface area contributed by atoms with Crippen molar-refractivity contribution in [2.75, 3.05) is 32.8 Å². The van der Waals surface area contributed by atoms with Gasteiger partial charge in [0, 0.05) is 19.6 Å². The van der Waals surface area contributed by atoms with Gasteiger partial charge in [-0.2, -0.15) is 0 Å². The molecular weight excluding hydrogens is 232 g/mol. The number of nitrogens with two attached hydrogens (primary N) is 1. The number of tetrazole rings is 1. The summed E-state index contributed by atoms with van der Waals surface area (Å²) in [6.45, 7) is 7.30. The summed E-state index contributed by atoms with van der Waals surface area (Å²) in [4.78, 5) is 2.40. The molecule has 7 nitrogen and oxygen atoms in total. The van der Waals surface area contributed by atoms with Crippen molar-refractivity contribution < 1.29 is 4.74 Å². The second kappa shape index (κ2) is 6.77. The topological polar surface area (TPSA) is 82.1 Å². The summed E-state index contributed by atoms with van der Waals surface area (Å²) < 4.78 is 7.60. The van der Waals surface area contributed by atoms with Crippen molar-refractivity contribution in [2.45, 2.75) is 32.4 Å². The first-order valence-corrected chi connectivity index (χ1v) is 6.65. The minimum absolute atomic E-state index is 0.0157. The summed E-state index contributed by atoms with van der Waals surface area (Å²) in [6.07, 6.45) is 2.02. The van der Waals surface area contributed by atoms with Crippen LogP contribution in [0.15, 0.2) is 0 Å². The van der Waals surface area contributed by atoms with Gasteiger partial charge in [0.15, 0.2) is 5.82 Å². The average Bonchev–Trinajstić information content (AvgIpc) is 2.85. The van der Waals surface area contributed by atoms with E-state index in [2.05, 4.69) is 27.3 Å². The number of aryl methyl sites for hydroxylation is 1. The maximum absolute atomic E-state index is 5.78. The van der Waals surface area contributed by atoms with Crippen LogP contribution in [0.4, 0.5) is 0 Å². The molecule has 0 amide bonds. The predicted molar refractivity (Wildman–Crippen MR) is 66.9 cm³/mol. The smallest absolute Gasteiger partial charge is 0.181 e. The van der Waals surface area contributed by atoms with E-state index in [1.165, 1.54) is 0 Å². The summed E-state index contributed by atoms with van der Waals surface area (Å²) in [5.41, 5.74) is 5.51. The Kier molecular flexibility index (Phi) is 5.03. The first-order chi connectivity index (χ1) is 8.85. The fourth-order valence-electron chi connectivity index (χ4n) is 2.22. The van der Waals surface area contributed by atoms with Crippen LogP contribution in [-0.2, 0) is 11.3 Å². The third-order valence-electron chi connectivity index (χ3n) is 3.11. The predicted octanol–water partition coefficient (Wildman–Crippen LogP) is -0.195. The van der Waals surface area contributed by atoms with E-state index < -0.39 is 0 Å². The highest BCUT2D eigenvalue weighted by Gasteiger charge is 2.26. The van der Waals surface area contributed by atoms with E-state index in [4.69, 9.17) is 10.5 Å². The molecule has 1 atom stereocenters. The normalized spacial score (nSPS) is 21.3. The lowest BCUT2D eigenvalue weighted by atomic mass is 10.2. The Labute approximate surface area is 107 Å². The molecule has 0 saturated carbocycles.